The fourth-order valence-corrected chi connectivity index (χ4v) is 4.34. The van der Waals surface area contributed by atoms with Gasteiger partial charge in [0.2, 0.25) is 10.0 Å². The van der Waals surface area contributed by atoms with Crippen molar-refractivity contribution in [2.75, 3.05) is 33.3 Å². The molecule has 0 atom stereocenters. The minimum atomic E-state index is -3.68. The topological polar surface area (TPSA) is 89.0 Å². The number of carbonyl (C=O) groups is 1. The Hall–Kier alpha value is -2.79. The second-order valence-corrected chi connectivity index (χ2v) is 8.07. The van der Waals surface area contributed by atoms with Crippen molar-refractivity contribution >= 4 is 15.9 Å². The third-order valence-electron chi connectivity index (χ3n) is 4.42. The predicted molar refractivity (Wildman–Crippen MR) is 98.5 cm³/mol. The average molecular weight is 427 g/mol. The molecule has 2 aromatic rings. The molecular formula is C18H19F2N3O5S. The highest BCUT2D eigenvalue weighted by atomic mass is 32.2. The van der Waals surface area contributed by atoms with Crippen LogP contribution in [0.25, 0.3) is 0 Å². The van der Waals surface area contributed by atoms with E-state index in [2.05, 4.69) is 9.72 Å². The number of alkyl halides is 2. The smallest absolute Gasteiger partial charge is 0.387 e. The van der Waals surface area contributed by atoms with Gasteiger partial charge in [-0.25, -0.2) is 8.42 Å². The van der Waals surface area contributed by atoms with Gasteiger partial charge in [0.25, 0.3) is 5.91 Å². The number of ether oxygens (including phenoxy) is 2. The van der Waals surface area contributed by atoms with Gasteiger partial charge in [0, 0.05) is 44.1 Å². The summed E-state index contributed by atoms with van der Waals surface area (Å²) in [6.07, 6.45) is 2.77. The van der Waals surface area contributed by atoms with E-state index in [1.807, 2.05) is 0 Å². The van der Waals surface area contributed by atoms with Crippen LogP contribution >= 0.6 is 0 Å². The monoisotopic (exact) mass is 427 g/mol. The number of methoxy groups -OCH3 is 1. The van der Waals surface area contributed by atoms with Crippen LogP contribution in [-0.2, 0) is 10.0 Å². The lowest BCUT2D eigenvalue weighted by Gasteiger charge is -2.34. The Balaban J connectivity index is 1.69. The number of pyridine rings is 1. The fraction of sp³-hybridized carbons (Fsp3) is 0.333. The molecule has 1 saturated heterocycles. The van der Waals surface area contributed by atoms with E-state index in [0.29, 0.717) is 0 Å². The summed E-state index contributed by atoms with van der Waals surface area (Å²) < 4.78 is 60.8. The molecule has 1 aromatic heterocycles. The van der Waals surface area contributed by atoms with Crippen molar-refractivity contribution in [3.05, 3.63) is 48.3 Å². The first-order valence-electron chi connectivity index (χ1n) is 8.65. The lowest BCUT2D eigenvalue weighted by Crippen LogP contribution is -2.50. The third-order valence-corrected chi connectivity index (χ3v) is 6.31. The quantitative estimate of drug-likeness (QED) is 0.699. The maximum Gasteiger partial charge on any atom is 0.387 e. The predicted octanol–water partition coefficient (Wildman–Crippen LogP) is 1.84. The molecule has 1 amide bonds. The molecule has 0 bridgehead atoms. The normalized spacial score (nSPS) is 15.4. The Morgan fingerprint density at radius 1 is 1.14 bits per heavy atom. The fourth-order valence-electron chi connectivity index (χ4n) is 2.96. The maximum absolute atomic E-state index is 12.7. The Morgan fingerprint density at radius 3 is 2.45 bits per heavy atom. The van der Waals surface area contributed by atoms with Gasteiger partial charge in [-0.05, 0) is 30.3 Å². The lowest BCUT2D eigenvalue weighted by atomic mass is 10.1. The summed E-state index contributed by atoms with van der Waals surface area (Å²) in [5.74, 6) is -0.523. The molecular weight excluding hydrogens is 408 g/mol. The number of halogens is 2. The molecule has 1 aromatic carbocycles. The number of sulfonamides is 1. The van der Waals surface area contributed by atoms with Crippen molar-refractivity contribution in [2.24, 2.45) is 0 Å². The largest absolute Gasteiger partial charge is 0.493 e. The Kier molecular flexibility index (Phi) is 6.28. The summed E-state index contributed by atoms with van der Waals surface area (Å²) >= 11 is 0. The lowest BCUT2D eigenvalue weighted by molar-refractivity contribution is -0.0512. The Morgan fingerprint density at radius 2 is 1.86 bits per heavy atom. The SMILES string of the molecule is COc1cc(C(=O)N2CCN(S(=O)(=O)c3cccnc3)CC2)ccc1OC(F)F. The second-order valence-electron chi connectivity index (χ2n) is 6.13. The Bertz CT molecular complexity index is 965. The van der Waals surface area contributed by atoms with E-state index in [4.69, 9.17) is 4.74 Å². The average Bonchev–Trinajstić information content (AvgIpc) is 2.74. The number of carbonyl (C=O) groups excluding carboxylic acids is 1. The number of hydrogen-bond acceptors (Lipinski definition) is 6. The summed E-state index contributed by atoms with van der Waals surface area (Å²) in [5.41, 5.74) is 0.229. The third kappa shape index (κ3) is 4.62. The molecule has 1 aliphatic heterocycles. The first-order valence-corrected chi connectivity index (χ1v) is 10.1. The number of rotatable bonds is 6. The van der Waals surface area contributed by atoms with E-state index in [-0.39, 0.29) is 54.0 Å². The number of hydrogen-bond donors (Lipinski definition) is 0. The van der Waals surface area contributed by atoms with Gasteiger partial charge in [-0.3, -0.25) is 9.78 Å². The minimum Gasteiger partial charge on any atom is -0.493 e. The van der Waals surface area contributed by atoms with Crippen LogP contribution in [0.2, 0.25) is 0 Å². The molecule has 0 unspecified atom stereocenters. The molecule has 0 spiro atoms. The summed E-state index contributed by atoms with van der Waals surface area (Å²) in [4.78, 5) is 18.2. The number of amides is 1. The highest BCUT2D eigenvalue weighted by Crippen LogP contribution is 2.30. The summed E-state index contributed by atoms with van der Waals surface area (Å²) in [6, 6.07) is 6.93. The van der Waals surface area contributed by atoms with Gasteiger partial charge in [-0.1, -0.05) is 0 Å². The molecule has 1 fully saturated rings. The van der Waals surface area contributed by atoms with E-state index in [0.717, 1.165) is 0 Å². The number of nitrogens with zero attached hydrogens (tertiary/aromatic N) is 3. The van der Waals surface area contributed by atoms with Crippen molar-refractivity contribution in [1.29, 1.82) is 0 Å². The summed E-state index contributed by atoms with van der Waals surface area (Å²) in [6.45, 7) is -2.37. The van der Waals surface area contributed by atoms with Crippen LogP contribution in [0.5, 0.6) is 11.5 Å². The molecule has 0 aliphatic carbocycles. The van der Waals surface area contributed by atoms with Crippen LogP contribution in [0.15, 0.2) is 47.6 Å². The molecule has 8 nitrogen and oxygen atoms in total. The van der Waals surface area contributed by atoms with E-state index < -0.39 is 16.6 Å². The minimum absolute atomic E-state index is 0.00828. The van der Waals surface area contributed by atoms with Crippen LogP contribution in [0.4, 0.5) is 8.78 Å². The number of piperazine rings is 1. The number of aromatic nitrogens is 1. The molecule has 0 N–H and O–H groups in total. The van der Waals surface area contributed by atoms with Crippen molar-refractivity contribution in [3.8, 4) is 11.5 Å². The van der Waals surface area contributed by atoms with Crippen molar-refractivity contribution < 1.29 is 31.5 Å². The molecule has 0 radical (unpaired) electrons. The van der Waals surface area contributed by atoms with E-state index in [9.17, 15) is 22.0 Å². The van der Waals surface area contributed by atoms with Crippen LogP contribution < -0.4 is 9.47 Å². The van der Waals surface area contributed by atoms with Crippen LogP contribution in [0.3, 0.4) is 0 Å². The molecule has 3 rings (SSSR count). The molecule has 0 saturated carbocycles. The van der Waals surface area contributed by atoms with Crippen LogP contribution in [0, 0.1) is 0 Å². The summed E-state index contributed by atoms with van der Waals surface area (Å²) in [7, 11) is -2.40. The van der Waals surface area contributed by atoms with Crippen molar-refractivity contribution in [2.45, 2.75) is 11.5 Å². The zero-order valence-corrected chi connectivity index (χ0v) is 16.3. The van der Waals surface area contributed by atoms with Gasteiger partial charge < -0.3 is 14.4 Å². The summed E-state index contributed by atoms with van der Waals surface area (Å²) in [5, 5.41) is 0. The van der Waals surface area contributed by atoms with Gasteiger partial charge in [-0.2, -0.15) is 13.1 Å². The molecule has 1 aliphatic rings. The zero-order valence-electron chi connectivity index (χ0n) is 15.5. The van der Waals surface area contributed by atoms with Gasteiger partial charge in [0.15, 0.2) is 11.5 Å². The zero-order chi connectivity index (χ0) is 21.0. The molecule has 2 heterocycles. The first kappa shape index (κ1) is 20.9. The van der Waals surface area contributed by atoms with Gasteiger partial charge >= 0.3 is 6.61 Å². The van der Waals surface area contributed by atoms with Gasteiger partial charge in [0.1, 0.15) is 4.90 Å². The Labute approximate surface area is 166 Å². The highest BCUT2D eigenvalue weighted by Gasteiger charge is 2.30. The van der Waals surface area contributed by atoms with Gasteiger partial charge in [0.05, 0.1) is 7.11 Å². The van der Waals surface area contributed by atoms with Crippen LogP contribution in [0.1, 0.15) is 10.4 Å². The molecule has 156 valence electrons. The van der Waals surface area contributed by atoms with E-state index in [1.54, 1.807) is 6.07 Å². The second kappa shape index (κ2) is 8.70. The maximum atomic E-state index is 12.7. The van der Waals surface area contributed by atoms with E-state index >= 15 is 0 Å². The van der Waals surface area contributed by atoms with Gasteiger partial charge in [-0.15, -0.1) is 0 Å². The molecule has 29 heavy (non-hydrogen) atoms. The number of benzene rings is 1. The molecule has 11 heteroatoms. The standard InChI is InChI=1S/C18H19F2N3O5S/c1-27-16-11-13(4-5-15(16)28-18(19)20)17(24)22-7-9-23(10-8-22)29(25,26)14-3-2-6-21-12-14/h2-6,11-12,18H,7-10H2,1H3. The highest BCUT2D eigenvalue weighted by molar-refractivity contribution is 7.89. The van der Waals surface area contributed by atoms with Crippen molar-refractivity contribution in [1.82, 2.24) is 14.2 Å². The van der Waals surface area contributed by atoms with Crippen molar-refractivity contribution in [3.63, 3.8) is 0 Å². The first-order chi connectivity index (χ1) is 13.8. The van der Waals surface area contributed by atoms with Crippen LogP contribution in [-0.4, -0.2) is 68.4 Å². The van der Waals surface area contributed by atoms with E-state index in [1.165, 1.54) is 53.0 Å².